The van der Waals surface area contributed by atoms with Gasteiger partial charge in [-0.1, -0.05) is 18.2 Å². The first kappa shape index (κ1) is 16.1. The van der Waals surface area contributed by atoms with Gasteiger partial charge in [-0.15, -0.1) is 0 Å². The van der Waals surface area contributed by atoms with Crippen molar-refractivity contribution in [1.29, 1.82) is 0 Å². The number of imidazole rings is 1. The number of amides is 1. The molecule has 0 N–H and O–H groups in total. The molecule has 0 aliphatic carbocycles. The number of carbonyl (C=O) groups is 1. The van der Waals surface area contributed by atoms with Crippen molar-refractivity contribution in [3.05, 3.63) is 48.0 Å². The average molecular weight is 340 g/mol. The first-order valence-electron chi connectivity index (χ1n) is 8.87. The summed E-state index contributed by atoms with van der Waals surface area (Å²) in [6, 6.07) is 8.41. The average Bonchev–Trinajstić information content (AvgIpc) is 3.25. The van der Waals surface area contributed by atoms with Gasteiger partial charge < -0.3 is 14.2 Å². The van der Waals surface area contributed by atoms with E-state index in [1.807, 2.05) is 35.6 Å². The highest BCUT2D eigenvalue weighted by Gasteiger charge is 2.30. The number of hydrogen-bond donors (Lipinski definition) is 0. The maximum absolute atomic E-state index is 12.0. The lowest BCUT2D eigenvalue weighted by molar-refractivity contribution is -0.128. The normalized spacial score (nSPS) is 20.8. The van der Waals surface area contributed by atoms with Crippen LogP contribution in [0, 0.1) is 0 Å². The summed E-state index contributed by atoms with van der Waals surface area (Å²) in [6.45, 7) is 4.25. The molecule has 2 aliphatic rings. The Morgan fingerprint density at radius 3 is 3.00 bits per heavy atom. The first-order valence-corrected chi connectivity index (χ1v) is 8.87. The van der Waals surface area contributed by atoms with Crippen molar-refractivity contribution < 1.29 is 9.53 Å². The van der Waals surface area contributed by atoms with Gasteiger partial charge in [0, 0.05) is 50.9 Å². The number of likely N-dealkylation sites (tertiary alicyclic amines) is 1. The van der Waals surface area contributed by atoms with E-state index >= 15 is 0 Å². The Labute approximate surface area is 148 Å². The summed E-state index contributed by atoms with van der Waals surface area (Å²) in [4.78, 5) is 20.8. The van der Waals surface area contributed by atoms with E-state index in [1.54, 1.807) is 7.11 Å². The van der Waals surface area contributed by atoms with Crippen LogP contribution >= 0.6 is 0 Å². The van der Waals surface area contributed by atoms with Gasteiger partial charge in [-0.3, -0.25) is 9.69 Å². The van der Waals surface area contributed by atoms with Crippen molar-refractivity contribution >= 4 is 5.91 Å². The van der Waals surface area contributed by atoms with Crippen LogP contribution in [0.2, 0.25) is 0 Å². The Kier molecular flexibility index (Phi) is 4.44. The fraction of sp³-hybridized carbons (Fsp3) is 0.474. The molecule has 1 aromatic heterocycles. The minimum Gasteiger partial charge on any atom is -0.496 e. The minimum atomic E-state index is 0.253. The smallest absolute Gasteiger partial charge is 0.222 e. The van der Waals surface area contributed by atoms with Gasteiger partial charge in [0.2, 0.25) is 5.91 Å². The Morgan fingerprint density at radius 2 is 2.20 bits per heavy atom. The largest absolute Gasteiger partial charge is 0.496 e. The van der Waals surface area contributed by atoms with Crippen molar-refractivity contribution in [1.82, 2.24) is 19.4 Å². The number of fused-ring (bicyclic) bond motifs is 1. The fourth-order valence-corrected chi connectivity index (χ4v) is 3.96. The molecule has 3 heterocycles. The third-order valence-electron chi connectivity index (χ3n) is 5.18. The number of benzene rings is 1. The second-order valence-electron chi connectivity index (χ2n) is 6.87. The lowest BCUT2D eigenvalue weighted by Crippen LogP contribution is -2.42. The molecule has 6 heteroatoms. The van der Waals surface area contributed by atoms with Gasteiger partial charge in [-0.25, -0.2) is 4.98 Å². The third-order valence-corrected chi connectivity index (χ3v) is 5.18. The van der Waals surface area contributed by atoms with E-state index in [0.717, 1.165) is 44.9 Å². The highest BCUT2D eigenvalue weighted by Crippen LogP contribution is 2.27. The SMILES string of the molecule is COc1ccccc1CN1Cc2cncn2[C@@H](CN2CCCC2=O)C1. The highest BCUT2D eigenvalue weighted by atomic mass is 16.5. The number of rotatable bonds is 5. The molecule has 0 spiro atoms. The first-order chi connectivity index (χ1) is 12.2. The molecule has 1 aromatic carbocycles. The molecule has 0 radical (unpaired) electrons. The van der Waals surface area contributed by atoms with E-state index in [4.69, 9.17) is 4.74 Å². The van der Waals surface area contributed by atoms with Crippen molar-refractivity contribution in [3.8, 4) is 5.75 Å². The van der Waals surface area contributed by atoms with Gasteiger partial charge in [0.15, 0.2) is 0 Å². The molecule has 0 bridgehead atoms. The topological polar surface area (TPSA) is 50.6 Å². The van der Waals surface area contributed by atoms with Crippen molar-refractivity contribution in [2.24, 2.45) is 0 Å². The van der Waals surface area contributed by atoms with E-state index in [2.05, 4.69) is 20.5 Å². The summed E-state index contributed by atoms with van der Waals surface area (Å²) in [5.41, 5.74) is 2.40. The van der Waals surface area contributed by atoms with Gasteiger partial charge in [-0.2, -0.15) is 0 Å². The number of ether oxygens (including phenoxy) is 1. The Balaban J connectivity index is 1.52. The number of aromatic nitrogens is 2. The minimum absolute atomic E-state index is 0.253. The molecule has 0 saturated carbocycles. The molecule has 1 atom stereocenters. The van der Waals surface area contributed by atoms with Gasteiger partial charge in [-0.05, 0) is 12.5 Å². The molecule has 2 aromatic rings. The summed E-state index contributed by atoms with van der Waals surface area (Å²) >= 11 is 0. The van der Waals surface area contributed by atoms with Crippen molar-refractivity contribution in [2.45, 2.75) is 32.0 Å². The molecule has 132 valence electrons. The quantitative estimate of drug-likeness (QED) is 0.836. The summed E-state index contributed by atoms with van der Waals surface area (Å²) < 4.78 is 7.73. The maximum atomic E-state index is 12.0. The van der Waals surface area contributed by atoms with Crippen LogP contribution in [-0.4, -0.2) is 52.0 Å². The molecule has 2 aliphatic heterocycles. The van der Waals surface area contributed by atoms with Crippen LogP contribution in [0.3, 0.4) is 0 Å². The summed E-state index contributed by atoms with van der Waals surface area (Å²) in [5, 5.41) is 0. The molecule has 1 fully saturated rings. The zero-order valence-corrected chi connectivity index (χ0v) is 14.6. The summed E-state index contributed by atoms with van der Waals surface area (Å²) in [7, 11) is 1.71. The number of carbonyl (C=O) groups excluding carboxylic acids is 1. The molecule has 0 unspecified atom stereocenters. The Morgan fingerprint density at radius 1 is 1.32 bits per heavy atom. The van der Waals surface area contributed by atoms with E-state index in [9.17, 15) is 4.79 Å². The zero-order chi connectivity index (χ0) is 17.2. The number of methoxy groups -OCH3 is 1. The second-order valence-corrected chi connectivity index (χ2v) is 6.87. The Bertz CT molecular complexity index is 757. The van der Waals surface area contributed by atoms with Crippen LogP contribution in [0.15, 0.2) is 36.8 Å². The number of nitrogens with zero attached hydrogens (tertiary/aromatic N) is 4. The standard InChI is InChI=1S/C19H24N4O2/c1-25-18-6-3-2-5-15(18)10-21-11-16-9-20-14-23(16)17(12-21)13-22-8-4-7-19(22)24/h2-3,5-6,9,14,17H,4,7-8,10-13H2,1H3/t17-/m1/s1. The number of hydrogen-bond acceptors (Lipinski definition) is 4. The number of para-hydroxylation sites is 1. The van der Waals surface area contributed by atoms with E-state index in [1.165, 1.54) is 11.3 Å². The zero-order valence-electron chi connectivity index (χ0n) is 14.6. The molecule has 1 amide bonds. The third kappa shape index (κ3) is 3.26. The molecule has 4 rings (SSSR count). The van der Waals surface area contributed by atoms with Crippen LogP contribution in [0.4, 0.5) is 0 Å². The van der Waals surface area contributed by atoms with Crippen LogP contribution in [0.5, 0.6) is 5.75 Å². The van der Waals surface area contributed by atoms with Crippen molar-refractivity contribution in [3.63, 3.8) is 0 Å². The predicted molar refractivity (Wildman–Crippen MR) is 94.2 cm³/mol. The Hall–Kier alpha value is -2.34. The van der Waals surface area contributed by atoms with Crippen LogP contribution < -0.4 is 4.74 Å². The lowest BCUT2D eigenvalue weighted by atomic mass is 10.1. The van der Waals surface area contributed by atoms with Crippen molar-refractivity contribution in [2.75, 3.05) is 26.7 Å². The van der Waals surface area contributed by atoms with E-state index in [-0.39, 0.29) is 11.9 Å². The maximum Gasteiger partial charge on any atom is 0.222 e. The van der Waals surface area contributed by atoms with Gasteiger partial charge in [0.25, 0.3) is 0 Å². The van der Waals surface area contributed by atoms with Gasteiger partial charge >= 0.3 is 0 Å². The molecule has 1 saturated heterocycles. The summed E-state index contributed by atoms with van der Waals surface area (Å²) in [5.74, 6) is 1.20. The molecular formula is C19H24N4O2. The van der Waals surface area contributed by atoms with E-state index in [0.29, 0.717) is 6.42 Å². The molecular weight excluding hydrogens is 316 g/mol. The lowest BCUT2D eigenvalue weighted by Gasteiger charge is -2.36. The predicted octanol–water partition coefficient (Wildman–Crippen LogP) is 2.07. The highest BCUT2D eigenvalue weighted by molar-refractivity contribution is 5.78. The van der Waals surface area contributed by atoms with E-state index < -0.39 is 0 Å². The monoisotopic (exact) mass is 340 g/mol. The molecule has 6 nitrogen and oxygen atoms in total. The van der Waals surface area contributed by atoms with Crippen LogP contribution in [-0.2, 0) is 17.9 Å². The summed E-state index contributed by atoms with van der Waals surface area (Å²) in [6.07, 6.45) is 5.51. The molecule has 25 heavy (non-hydrogen) atoms. The second kappa shape index (κ2) is 6.88. The fourth-order valence-electron chi connectivity index (χ4n) is 3.96. The van der Waals surface area contributed by atoms with Gasteiger partial charge in [0.05, 0.1) is 25.2 Å². The van der Waals surface area contributed by atoms with Crippen LogP contribution in [0.25, 0.3) is 0 Å². The van der Waals surface area contributed by atoms with Gasteiger partial charge in [0.1, 0.15) is 5.75 Å². The van der Waals surface area contributed by atoms with Crippen LogP contribution in [0.1, 0.15) is 30.1 Å².